The summed E-state index contributed by atoms with van der Waals surface area (Å²) in [7, 11) is -2.28. The lowest BCUT2D eigenvalue weighted by atomic mass is 9.96. The van der Waals surface area contributed by atoms with Crippen LogP contribution < -0.4 is 10.1 Å². The van der Waals surface area contributed by atoms with Crippen LogP contribution in [-0.2, 0) is 14.8 Å². The summed E-state index contributed by atoms with van der Waals surface area (Å²) in [6, 6.07) is 11.0. The van der Waals surface area contributed by atoms with Crippen LogP contribution in [0, 0.1) is 11.7 Å². The fraction of sp³-hybridized carbons (Fsp3) is 0.458. The largest absolute Gasteiger partial charge is 0.495 e. The molecule has 1 aliphatic rings. The van der Waals surface area contributed by atoms with E-state index in [-0.39, 0.29) is 47.6 Å². The van der Waals surface area contributed by atoms with Crippen LogP contribution in [0.4, 0.5) is 4.39 Å². The predicted molar refractivity (Wildman–Crippen MR) is 122 cm³/mol. The van der Waals surface area contributed by atoms with Gasteiger partial charge in [-0.15, -0.1) is 0 Å². The molecule has 1 N–H and O–H groups in total. The summed E-state index contributed by atoms with van der Waals surface area (Å²) in [4.78, 5) is 12.9. The van der Waals surface area contributed by atoms with Crippen LogP contribution in [0.5, 0.6) is 5.75 Å². The lowest BCUT2D eigenvalue weighted by Gasteiger charge is -2.31. The second-order valence-corrected chi connectivity index (χ2v) is 10.4. The summed E-state index contributed by atoms with van der Waals surface area (Å²) in [5.74, 6) is -0.197. The molecule has 0 spiro atoms. The Morgan fingerprint density at radius 2 is 1.66 bits per heavy atom. The first-order valence-electron chi connectivity index (χ1n) is 10.9. The normalized spacial score (nSPS) is 16.7. The molecular weight excluding hydrogens is 431 g/mol. The van der Waals surface area contributed by atoms with E-state index in [4.69, 9.17) is 4.74 Å². The van der Waals surface area contributed by atoms with Crippen molar-refractivity contribution >= 4 is 15.9 Å². The number of nitrogens with one attached hydrogen (secondary N) is 1. The molecule has 0 aliphatic carbocycles. The number of piperidine rings is 1. The summed E-state index contributed by atoms with van der Waals surface area (Å²) in [6.07, 6.45) is 0.876. The van der Waals surface area contributed by atoms with Crippen molar-refractivity contribution in [2.24, 2.45) is 5.92 Å². The third-order valence-electron chi connectivity index (χ3n) is 6.03. The Balaban J connectivity index is 1.66. The second kappa shape index (κ2) is 10.0. The quantitative estimate of drug-likeness (QED) is 0.668. The second-order valence-electron chi connectivity index (χ2n) is 8.53. The van der Waals surface area contributed by atoms with E-state index in [9.17, 15) is 17.6 Å². The van der Waals surface area contributed by atoms with Crippen LogP contribution in [-0.4, -0.2) is 38.8 Å². The number of hydrogen-bond acceptors (Lipinski definition) is 4. The van der Waals surface area contributed by atoms with Crippen LogP contribution in [0.15, 0.2) is 47.4 Å². The van der Waals surface area contributed by atoms with Crippen LogP contribution in [0.25, 0.3) is 0 Å². The molecule has 2 aromatic carbocycles. The van der Waals surface area contributed by atoms with Crippen molar-refractivity contribution in [1.29, 1.82) is 0 Å². The van der Waals surface area contributed by atoms with E-state index < -0.39 is 10.0 Å². The van der Waals surface area contributed by atoms with E-state index >= 15 is 0 Å². The maximum absolute atomic E-state index is 13.3. The SMILES string of the molecule is COc1ccc(C(C)C)cc1S(=O)(=O)N1CCC(C(=O)N[C@H](C)c2ccc(F)cc2)CC1. The number of halogens is 1. The molecule has 8 heteroatoms. The first-order chi connectivity index (χ1) is 15.1. The highest BCUT2D eigenvalue weighted by Gasteiger charge is 2.34. The van der Waals surface area contributed by atoms with Crippen molar-refractivity contribution in [2.75, 3.05) is 20.2 Å². The van der Waals surface area contributed by atoms with Crippen LogP contribution >= 0.6 is 0 Å². The zero-order valence-corrected chi connectivity index (χ0v) is 19.8. The van der Waals surface area contributed by atoms with E-state index in [1.54, 1.807) is 24.3 Å². The highest BCUT2D eigenvalue weighted by molar-refractivity contribution is 7.89. The van der Waals surface area contributed by atoms with Crippen LogP contribution in [0.2, 0.25) is 0 Å². The summed E-state index contributed by atoms with van der Waals surface area (Å²) in [5.41, 5.74) is 1.74. The number of nitrogens with zero attached hydrogens (tertiary/aromatic N) is 1. The maximum atomic E-state index is 13.3. The Morgan fingerprint density at radius 1 is 1.06 bits per heavy atom. The van der Waals surface area contributed by atoms with E-state index in [1.165, 1.54) is 23.5 Å². The molecule has 1 fully saturated rings. The first-order valence-corrected chi connectivity index (χ1v) is 12.3. The molecule has 3 rings (SSSR count). The molecule has 0 aromatic heterocycles. The molecule has 0 unspecified atom stereocenters. The number of hydrogen-bond donors (Lipinski definition) is 1. The van der Waals surface area contributed by atoms with Crippen LogP contribution in [0.1, 0.15) is 56.7 Å². The molecule has 1 aliphatic heterocycles. The van der Waals surface area contributed by atoms with Crippen molar-refractivity contribution in [3.63, 3.8) is 0 Å². The summed E-state index contributed by atoms with van der Waals surface area (Å²) >= 11 is 0. The number of ether oxygens (including phenoxy) is 1. The van der Waals surface area contributed by atoms with Crippen molar-refractivity contribution in [3.05, 3.63) is 59.4 Å². The molecule has 1 heterocycles. The van der Waals surface area contributed by atoms with Gasteiger partial charge in [0.1, 0.15) is 16.5 Å². The average Bonchev–Trinajstić information content (AvgIpc) is 2.79. The topological polar surface area (TPSA) is 75.7 Å². The lowest BCUT2D eigenvalue weighted by molar-refractivity contribution is -0.126. The molecule has 174 valence electrons. The lowest BCUT2D eigenvalue weighted by Crippen LogP contribution is -2.43. The molecule has 2 aromatic rings. The number of benzene rings is 2. The van der Waals surface area contributed by atoms with Gasteiger partial charge in [-0.2, -0.15) is 4.31 Å². The van der Waals surface area contributed by atoms with Crippen molar-refractivity contribution < 1.29 is 22.3 Å². The van der Waals surface area contributed by atoms with Gasteiger partial charge in [0.2, 0.25) is 15.9 Å². The number of carbonyl (C=O) groups is 1. The highest BCUT2D eigenvalue weighted by Crippen LogP contribution is 2.32. The van der Waals surface area contributed by atoms with Gasteiger partial charge in [0.25, 0.3) is 0 Å². The van der Waals surface area contributed by atoms with Gasteiger partial charge in [0.15, 0.2) is 0 Å². The van der Waals surface area contributed by atoms with Crippen LogP contribution in [0.3, 0.4) is 0 Å². The Bertz CT molecular complexity index is 1050. The van der Waals surface area contributed by atoms with E-state index in [1.807, 2.05) is 26.8 Å². The van der Waals surface area contributed by atoms with Gasteiger partial charge < -0.3 is 10.1 Å². The molecule has 0 radical (unpaired) electrons. The zero-order chi connectivity index (χ0) is 23.5. The molecule has 32 heavy (non-hydrogen) atoms. The molecule has 0 bridgehead atoms. The third-order valence-corrected chi connectivity index (χ3v) is 7.95. The van der Waals surface area contributed by atoms with E-state index in [0.717, 1.165) is 11.1 Å². The van der Waals surface area contributed by atoms with Crippen molar-refractivity contribution in [2.45, 2.75) is 50.5 Å². The molecule has 1 amide bonds. The molecular formula is C24H31FN2O4S. The van der Waals surface area contributed by atoms with E-state index in [0.29, 0.717) is 18.6 Å². The van der Waals surface area contributed by atoms with Gasteiger partial charge >= 0.3 is 0 Å². The first kappa shape index (κ1) is 24.2. The third kappa shape index (κ3) is 5.30. The van der Waals surface area contributed by atoms with Gasteiger partial charge in [-0.05, 0) is 61.1 Å². The number of amides is 1. The molecule has 6 nitrogen and oxygen atoms in total. The van der Waals surface area contributed by atoms with Crippen molar-refractivity contribution in [1.82, 2.24) is 9.62 Å². The van der Waals surface area contributed by atoms with Gasteiger partial charge in [-0.25, -0.2) is 12.8 Å². The highest BCUT2D eigenvalue weighted by atomic mass is 32.2. The van der Waals surface area contributed by atoms with Crippen molar-refractivity contribution in [3.8, 4) is 5.75 Å². The Labute approximate surface area is 189 Å². The summed E-state index contributed by atoms with van der Waals surface area (Å²) in [5, 5.41) is 2.96. The number of carbonyl (C=O) groups excluding carboxylic acids is 1. The smallest absolute Gasteiger partial charge is 0.246 e. The Morgan fingerprint density at radius 3 is 2.22 bits per heavy atom. The molecule has 1 atom stereocenters. The fourth-order valence-corrected chi connectivity index (χ4v) is 5.58. The predicted octanol–water partition coefficient (Wildman–Crippen LogP) is 4.24. The van der Waals surface area contributed by atoms with Gasteiger partial charge in [-0.1, -0.05) is 32.0 Å². The fourth-order valence-electron chi connectivity index (χ4n) is 3.92. The number of methoxy groups -OCH3 is 1. The van der Waals surface area contributed by atoms with Gasteiger partial charge in [0, 0.05) is 19.0 Å². The standard InChI is InChI=1S/C24H31FN2O4S/c1-16(2)20-7-10-22(31-4)23(15-20)32(29,30)27-13-11-19(12-14-27)24(28)26-17(3)18-5-8-21(25)9-6-18/h5-10,15-17,19H,11-14H2,1-4H3,(H,26,28)/t17-/m1/s1. The summed E-state index contributed by atoms with van der Waals surface area (Å²) in [6.45, 7) is 6.39. The summed E-state index contributed by atoms with van der Waals surface area (Å²) < 4.78 is 46.5. The Kier molecular flexibility index (Phi) is 7.56. The van der Waals surface area contributed by atoms with Gasteiger partial charge in [0.05, 0.1) is 13.2 Å². The maximum Gasteiger partial charge on any atom is 0.246 e. The monoisotopic (exact) mass is 462 g/mol. The number of rotatable bonds is 7. The molecule has 0 saturated carbocycles. The minimum absolute atomic E-state index is 0.113. The van der Waals surface area contributed by atoms with Gasteiger partial charge in [-0.3, -0.25) is 4.79 Å². The zero-order valence-electron chi connectivity index (χ0n) is 19.0. The van der Waals surface area contributed by atoms with E-state index in [2.05, 4.69) is 5.32 Å². The number of sulfonamides is 1. The minimum Gasteiger partial charge on any atom is -0.495 e. The minimum atomic E-state index is -3.74. The average molecular weight is 463 g/mol. The Hall–Kier alpha value is -2.45. The molecule has 1 saturated heterocycles.